The maximum Gasteiger partial charge on any atom is 0.407 e. The third-order valence-electron chi connectivity index (χ3n) is 6.89. The van der Waals surface area contributed by atoms with Crippen LogP contribution < -0.4 is 5.32 Å². The molecular formula is C25H28N2O5. The lowest BCUT2D eigenvalue weighted by Crippen LogP contribution is -2.63. The second-order valence-corrected chi connectivity index (χ2v) is 8.52. The average Bonchev–Trinajstić information content (AvgIpc) is 3.08. The molecule has 32 heavy (non-hydrogen) atoms. The van der Waals surface area contributed by atoms with E-state index in [1.165, 1.54) is 11.9 Å². The zero-order valence-electron chi connectivity index (χ0n) is 18.3. The summed E-state index contributed by atoms with van der Waals surface area (Å²) in [7, 11) is 1.50. The lowest BCUT2D eigenvalue weighted by molar-refractivity contribution is -0.165. The van der Waals surface area contributed by atoms with Crippen LogP contribution in [0, 0.1) is 0 Å². The first-order valence-corrected chi connectivity index (χ1v) is 11.0. The van der Waals surface area contributed by atoms with Crippen molar-refractivity contribution in [1.29, 1.82) is 0 Å². The van der Waals surface area contributed by atoms with Crippen molar-refractivity contribution in [3.8, 4) is 11.1 Å². The van der Waals surface area contributed by atoms with Gasteiger partial charge in [0.1, 0.15) is 18.2 Å². The number of fused-ring (bicyclic) bond motifs is 3. The Morgan fingerprint density at radius 1 is 1.09 bits per heavy atom. The zero-order valence-corrected chi connectivity index (χ0v) is 18.3. The number of rotatable bonds is 7. The number of carbonyl (C=O) groups excluding carboxylic acids is 2. The van der Waals surface area contributed by atoms with Crippen molar-refractivity contribution in [3.05, 3.63) is 59.7 Å². The van der Waals surface area contributed by atoms with Gasteiger partial charge in [-0.25, -0.2) is 9.59 Å². The Kier molecular flexibility index (Phi) is 5.91. The standard InChI is InChI=1S/C25H28N2O5/c1-3-21(22(28)27(2)25(23(29)30)13-8-14-25)26-24(31)32-15-20-18-11-6-4-9-16(18)17-10-5-7-12-19(17)20/h4-7,9-12,20-21H,3,8,13-15H2,1-2H3,(H,26,31)(H,29,30). The SMILES string of the molecule is CCC(NC(=O)OCC1c2ccccc2-c2ccccc21)C(=O)N(C)C1(C(=O)O)CCC1. The molecule has 2 aliphatic carbocycles. The number of benzene rings is 2. The zero-order chi connectivity index (χ0) is 22.9. The lowest BCUT2D eigenvalue weighted by atomic mass is 9.75. The molecule has 1 saturated carbocycles. The van der Waals surface area contributed by atoms with E-state index in [0.29, 0.717) is 19.3 Å². The van der Waals surface area contributed by atoms with Crippen molar-refractivity contribution in [2.24, 2.45) is 0 Å². The summed E-state index contributed by atoms with van der Waals surface area (Å²) >= 11 is 0. The van der Waals surface area contributed by atoms with Crippen LogP contribution in [-0.2, 0) is 14.3 Å². The first kappa shape index (κ1) is 21.9. The molecule has 0 aliphatic heterocycles. The summed E-state index contributed by atoms with van der Waals surface area (Å²) in [5, 5.41) is 12.2. The molecule has 0 spiro atoms. The number of aliphatic carboxylic acids is 1. The molecule has 0 saturated heterocycles. The van der Waals surface area contributed by atoms with Crippen LogP contribution in [0.25, 0.3) is 11.1 Å². The van der Waals surface area contributed by atoms with Crippen molar-refractivity contribution in [2.75, 3.05) is 13.7 Å². The second-order valence-electron chi connectivity index (χ2n) is 8.52. The van der Waals surface area contributed by atoms with E-state index in [1.54, 1.807) is 6.92 Å². The van der Waals surface area contributed by atoms with E-state index in [0.717, 1.165) is 28.7 Å². The van der Waals surface area contributed by atoms with Crippen LogP contribution in [-0.4, -0.2) is 53.2 Å². The molecule has 2 aromatic rings. The number of likely N-dealkylation sites (N-methyl/N-ethyl adjacent to an activating group) is 1. The van der Waals surface area contributed by atoms with Gasteiger partial charge in [0.25, 0.3) is 0 Å². The highest BCUT2D eigenvalue weighted by molar-refractivity contribution is 5.91. The Bertz CT molecular complexity index is 1000. The monoisotopic (exact) mass is 436 g/mol. The molecule has 7 nitrogen and oxygen atoms in total. The summed E-state index contributed by atoms with van der Waals surface area (Å²) in [6, 6.07) is 15.3. The highest BCUT2D eigenvalue weighted by atomic mass is 16.5. The van der Waals surface area contributed by atoms with Gasteiger partial charge >= 0.3 is 12.1 Å². The Balaban J connectivity index is 1.41. The van der Waals surface area contributed by atoms with Gasteiger partial charge in [0.15, 0.2) is 0 Å². The van der Waals surface area contributed by atoms with Gasteiger partial charge in [0.2, 0.25) is 5.91 Å². The summed E-state index contributed by atoms with van der Waals surface area (Å²) in [5.41, 5.74) is 3.32. The summed E-state index contributed by atoms with van der Waals surface area (Å²) < 4.78 is 5.54. The maximum absolute atomic E-state index is 12.9. The van der Waals surface area contributed by atoms with Crippen molar-refractivity contribution in [3.63, 3.8) is 0 Å². The minimum atomic E-state index is -1.17. The van der Waals surface area contributed by atoms with Crippen molar-refractivity contribution < 1.29 is 24.2 Å². The van der Waals surface area contributed by atoms with Crippen LogP contribution in [0.3, 0.4) is 0 Å². The molecule has 0 bridgehead atoms. The number of nitrogens with zero attached hydrogens (tertiary/aromatic N) is 1. The van der Waals surface area contributed by atoms with E-state index >= 15 is 0 Å². The Morgan fingerprint density at radius 3 is 2.12 bits per heavy atom. The summed E-state index contributed by atoms with van der Waals surface area (Å²) in [4.78, 5) is 38.5. The van der Waals surface area contributed by atoms with Gasteiger partial charge in [-0.2, -0.15) is 0 Å². The van der Waals surface area contributed by atoms with Gasteiger partial charge in [-0.3, -0.25) is 4.79 Å². The lowest BCUT2D eigenvalue weighted by Gasteiger charge is -2.45. The van der Waals surface area contributed by atoms with Gasteiger partial charge in [-0.1, -0.05) is 55.5 Å². The minimum absolute atomic E-state index is 0.0724. The van der Waals surface area contributed by atoms with Crippen LogP contribution >= 0.6 is 0 Å². The van der Waals surface area contributed by atoms with E-state index in [4.69, 9.17) is 4.74 Å². The number of nitrogens with one attached hydrogen (secondary N) is 1. The first-order chi connectivity index (χ1) is 15.4. The molecule has 0 radical (unpaired) electrons. The molecule has 7 heteroatoms. The predicted octanol–water partition coefficient (Wildman–Crippen LogP) is 3.77. The summed E-state index contributed by atoms with van der Waals surface area (Å²) in [5.74, 6) is -1.49. The predicted molar refractivity (Wildman–Crippen MR) is 119 cm³/mol. The Labute approximate surface area is 187 Å². The number of alkyl carbamates (subject to hydrolysis) is 1. The highest BCUT2D eigenvalue weighted by Crippen LogP contribution is 2.44. The molecule has 1 fully saturated rings. The van der Waals surface area contributed by atoms with Gasteiger partial charge < -0.3 is 20.1 Å². The fourth-order valence-electron chi connectivity index (χ4n) is 4.77. The van der Waals surface area contributed by atoms with Crippen molar-refractivity contribution in [2.45, 2.75) is 50.1 Å². The second kappa shape index (κ2) is 8.65. The van der Waals surface area contributed by atoms with Crippen molar-refractivity contribution >= 4 is 18.0 Å². The van der Waals surface area contributed by atoms with E-state index < -0.39 is 29.6 Å². The molecular weight excluding hydrogens is 408 g/mol. The fourth-order valence-corrected chi connectivity index (χ4v) is 4.77. The average molecular weight is 437 g/mol. The Hall–Kier alpha value is -3.35. The third kappa shape index (κ3) is 3.61. The number of carboxylic acids is 1. The maximum atomic E-state index is 12.9. The molecule has 2 aliphatic rings. The molecule has 2 amide bonds. The van der Waals surface area contributed by atoms with E-state index in [-0.39, 0.29) is 12.5 Å². The van der Waals surface area contributed by atoms with Crippen molar-refractivity contribution in [1.82, 2.24) is 10.2 Å². The molecule has 168 valence electrons. The van der Waals surface area contributed by atoms with Crippen LogP contribution in [0.2, 0.25) is 0 Å². The third-order valence-corrected chi connectivity index (χ3v) is 6.89. The largest absolute Gasteiger partial charge is 0.479 e. The summed E-state index contributed by atoms with van der Waals surface area (Å²) in [6.45, 7) is 1.92. The van der Waals surface area contributed by atoms with Crippen LogP contribution in [0.5, 0.6) is 0 Å². The summed E-state index contributed by atoms with van der Waals surface area (Å²) in [6.07, 6.45) is 1.26. The number of amides is 2. The van der Waals surface area contributed by atoms with Gasteiger partial charge in [-0.15, -0.1) is 0 Å². The normalized spacial score (nSPS) is 16.8. The van der Waals surface area contributed by atoms with Gasteiger partial charge in [0, 0.05) is 13.0 Å². The molecule has 1 unspecified atom stereocenters. The van der Waals surface area contributed by atoms with Crippen LogP contribution in [0.1, 0.15) is 49.7 Å². The minimum Gasteiger partial charge on any atom is -0.479 e. The number of hydrogen-bond donors (Lipinski definition) is 2. The van der Waals surface area contributed by atoms with Gasteiger partial charge in [0.05, 0.1) is 0 Å². The highest BCUT2D eigenvalue weighted by Gasteiger charge is 2.50. The molecule has 0 heterocycles. The number of ether oxygens (including phenoxy) is 1. The molecule has 0 aromatic heterocycles. The van der Waals surface area contributed by atoms with Crippen LogP contribution in [0.15, 0.2) is 48.5 Å². The van der Waals surface area contributed by atoms with E-state index in [2.05, 4.69) is 17.4 Å². The van der Waals surface area contributed by atoms with Crippen LogP contribution in [0.4, 0.5) is 4.79 Å². The van der Waals surface area contributed by atoms with E-state index in [1.807, 2.05) is 36.4 Å². The smallest absolute Gasteiger partial charge is 0.407 e. The number of hydrogen-bond acceptors (Lipinski definition) is 4. The first-order valence-electron chi connectivity index (χ1n) is 11.0. The topological polar surface area (TPSA) is 95.9 Å². The Morgan fingerprint density at radius 2 is 1.66 bits per heavy atom. The molecule has 2 N–H and O–H groups in total. The van der Waals surface area contributed by atoms with E-state index in [9.17, 15) is 19.5 Å². The van der Waals surface area contributed by atoms with Gasteiger partial charge in [-0.05, 0) is 47.9 Å². The molecule has 4 rings (SSSR count). The molecule has 1 atom stereocenters. The fraction of sp³-hybridized carbons (Fsp3) is 0.400. The molecule has 2 aromatic carbocycles. The number of carbonyl (C=O) groups is 3. The number of carboxylic acid groups (broad SMARTS) is 1. The quantitative estimate of drug-likeness (QED) is 0.689.